The molecule has 0 spiro atoms. The highest BCUT2D eigenvalue weighted by molar-refractivity contribution is 7.91. The Hall–Kier alpha value is -1.90. The molecular formula is C21H27NO5S2. The van der Waals surface area contributed by atoms with Crippen LogP contribution in [0.2, 0.25) is 0 Å². The average Bonchev–Trinajstić information content (AvgIpc) is 3.15. The summed E-state index contributed by atoms with van der Waals surface area (Å²) in [6.45, 7) is 4.41. The van der Waals surface area contributed by atoms with Gasteiger partial charge in [0, 0.05) is 13.1 Å². The number of methoxy groups -OCH3 is 1. The van der Waals surface area contributed by atoms with E-state index in [1.165, 1.54) is 15.6 Å². The minimum atomic E-state index is -3.65. The van der Waals surface area contributed by atoms with Crippen LogP contribution in [-0.4, -0.2) is 45.5 Å². The molecule has 6 nitrogen and oxygen atoms in total. The monoisotopic (exact) mass is 437 g/mol. The number of carbonyl (C=O) groups is 1. The maximum absolute atomic E-state index is 13.2. The SMILES string of the molecule is CCOC(=O)C1(Cc2cccc(OC)c2)CCCN(S(=O)(=O)c2cc(C)cs2)C1. The molecule has 1 saturated heterocycles. The highest BCUT2D eigenvalue weighted by Gasteiger charge is 2.46. The Balaban J connectivity index is 1.94. The van der Waals surface area contributed by atoms with Crippen molar-refractivity contribution >= 4 is 27.3 Å². The lowest BCUT2D eigenvalue weighted by Gasteiger charge is -2.40. The normalized spacial score (nSPS) is 20.4. The maximum Gasteiger partial charge on any atom is 0.313 e. The van der Waals surface area contributed by atoms with Gasteiger partial charge in [0.2, 0.25) is 0 Å². The van der Waals surface area contributed by atoms with Crippen LogP contribution in [-0.2, 0) is 26.0 Å². The third-order valence-corrected chi connectivity index (χ3v) is 8.61. The van der Waals surface area contributed by atoms with E-state index < -0.39 is 15.4 Å². The topological polar surface area (TPSA) is 72.9 Å². The first-order valence-corrected chi connectivity index (χ1v) is 12.0. The molecule has 0 N–H and O–H groups in total. The van der Waals surface area contributed by atoms with E-state index in [-0.39, 0.29) is 19.1 Å². The second-order valence-electron chi connectivity index (χ2n) is 7.41. The van der Waals surface area contributed by atoms with Crippen molar-refractivity contribution in [2.75, 3.05) is 26.8 Å². The highest BCUT2D eigenvalue weighted by atomic mass is 32.2. The summed E-state index contributed by atoms with van der Waals surface area (Å²) >= 11 is 1.22. The van der Waals surface area contributed by atoms with Crippen molar-refractivity contribution in [1.82, 2.24) is 4.31 Å². The summed E-state index contributed by atoms with van der Waals surface area (Å²) in [5.74, 6) is 0.362. The summed E-state index contributed by atoms with van der Waals surface area (Å²) in [6, 6.07) is 9.22. The Morgan fingerprint density at radius 2 is 2.10 bits per heavy atom. The quantitative estimate of drug-likeness (QED) is 0.619. The minimum Gasteiger partial charge on any atom is -0.497 e. The van der Waals surface area contributed by atoms with Crippen molar-refractivity contribution in [3.63, 3.8) is 0 Å². The predicted molar refractivity (Wildman–Crippen MR) is 113 cm³/mol. The van der Waals surface area contributed by atoms with E-state index >= 15 is 0 Å². The van der Waals surface area contributed by atoms with Gasteiger partial charge in [0.15, 0.2) is 0 Å². The molecule has 0 saturated carbocycles. The van der Waals surface area contributed by atoms with Crippen molar-refractivity contribution in [1.29, 1.82) is 0 Å². The lowest BCUT2D eigenvalue weighted by molar-refractivity contribution is -0.157. The fourth-order valence-electron chi connectivity index (χ4n) is 3.80. The molecule has 1 fully saturated rings. The van der Waals surface area contributed by atoms with Gasteiger partial charge in [0.05, 0.1) is 19.1 Å². The van der Waals surface area contributed by atoms with Crippen LogP contribution in [0.15, 0.2) is 39.9 Å². The Kier molecular flexibility index (Phi) is 6.65. The van der Waals surface area contributed by atoms with Crippen LogP contribution >= 0.6 is 11.3 Å². The van der Waals surface area contributed by atoms with Gasteiger partial charge < -0.3 is 9.47 Å². The average molecular weight is 438 g/mol. The van der Waals surface area contributed by atoms with Gasteiger partial charge in [-0.25, -0.2) is 8.42 Å². The largest absolute Gasteiger partial charge is 0.497 e. The molecule has 1 aromatic heterocycles. The molecule has 0 amide bonds. The second kappa shape index (κ2) is 8.85. The molecule has 1 unspecified atom stereocenters. The van der Waals surface area contributed by atoms with E-state index in [0.29, 0.717) is 35.8 Å². The van der Waals surface area contributed by atoms with Gasteiger partial charge in [0.25, 0.3) is 10.0 Å². The Morgan fingerprint density at radius 3 is 2.76 bits per heavy atom. The van der Waals surface area contributed by atoms with Gasteiger partial charge >= 0.3 is 5.97 Å². The van der Waals surface area contributed by atoms with Gasteiger partial charge in [-0.15, -0.1) is 11.3 Å². The molecule has 0 radical (unpaired) electrons. The third kappa shape index (κ3) is 4.65. The zero-order valence-electron chi connectivity index (χ0n) is 17.0. The third-order valence-electron chi connectivity index (χ3n) is 5.23. The molecule has 2 aromatic rings. The van der Waals surface area contributed by atoms with Gasteiger partial charge in [-0.1, -0.05) is 12.1 Å². The van der Waals surface area contributed by atoms with Gasteiger partial charge in [0.1, 0.15) is 9.96 Å². The number of aryl methyl sites for hydroxylation is 1. The molecule has 2 heterocycles. The van der Waals surface area contributed by atoms with Gasteiger partial charge in [-0.3, -0.25) is 4.79 Å². The molecule has 29 heavy (non-hydrogen) atoms. The molecule has 0 bridgehead atoms. The minimum absolute atomic E-state index is 0.113. The summed E-state index contributed by atoms with van der Waals surface area (Å²) in [7, 11) is -2.05. The lowest BCUT2D eigenvalue weighted by atomic mass is 9.75. The van der Waals surface area contributed by atoms with Crippen LogP contribution in [0.25, 0.3) is 0 Å². The summed E-state index contributed by atoms with van der Waals surface area (Å²) < 4.78 is 38.8. The lowest BCUT2D eigenvalue weighted by Crippen LogP contribution is -2.51. The summed E-state index contributed by atoms with van der Waals surface area (Å²) in [5, 5.41) is 1.83. The fourth-order valence-corrected chi connectivity index (χ4v) is 6.75. The zero-order valence-corrected chi connectivity index (χ0v) is 18.6. The molecule has 3 rings (SSSR count). The van der Waals surface area contributed by atoms with E-state index in [1.807, 2.05) is 36.6 Å². The van der Waals surface area contributed by atoms with Crippen LogP contribution in [0.4, 0.5) is 0 Å². The number of hydrogen-bond donors (Lipinski definition) is 0. The number of piperidine rings is 1. The van der Waals surface area contributed by atoms with E-state index in [4.69, 9.17) is 9.47 Å². The van der Waals surface area contributed by atoms with Crippen molar-refractivity contribution < 1.29 is 22.7 Å². The van der Waals surface area contributed by atoms with Crippen molar-refractivity contribution in [2.45, 2.75) is 37.3 Å². The van der Waals surface area contributed by atoms with Crippen LogP contribution < -0.4 is 4.74 Å². The van der Waals surface area contributed by atoms with Crippen molar-refractivity contribution in [3.05, 3.63) is 46.8 Å². The van der Waals surface area contributed by atoms with Crippen LogP contribution in [0.1, 0.15) is 30.9 Å². The van der Waals surface area contributed by atoms with Crippen LogP contribution in [0, 0.1) is 12.3 Å². The smallest absolute Gasteiger partial charge is 0.313 e. The Morgan fingerprint density at radius 1 is 1.31 bits per heavy atom. The number of benzene rings is 1. The van der Waals surface area contributed by atoms with E-state index in [0.717, 1.165) is 11.1 Å². The van der Waals surface area contributed by atoms with Gasteiger partial charge in [-0.2, -0.15) is 4.31 Å². The van der Waals surface area contributed by atoms with Crippen molar-refractivity contribution in [2.24, 2.45) is 5.41 Å². The van der Waals surface area contributed by atoms with Crippen LogP contribution in [0.3, 0.4) is 0 Å². The van der Waals surface area contributed by atoms with Crippen LogP contribution in [0.5, 0.6) is 5.75 Å². The zero-order chi connectivity index (χ0) is 21.1. The van der Waals surface area contributed by atoms with Gasteiger partial charge in [-0.05, 0) is 67.8 Å². The fraction of sp³-hybridized carbons (Fsp3) is 0.476. The van der Waals surface area contributed by atoms with Crippen molar-refractivity contribution in [3.8, 4) is 5.75 Å². The number of thiophene rings is 1. The Labute approximate surface area is 176 Å². The number of nitrogens with zero attached hydrogens (tertiary/aromatic N) is 1. The predicted octanol–water partition coefficient (Wildman–Crippen LogP) is 3.64. The number of ether oxygens (including phenoxy) is 2. The molecule has 1 atom stereocenters. The highest BCUT2D eigenvalue weighted by Crippen LogP contribution is 2.38. The maximum atomic E-state index is 13.2. The van der Waals surface area contributed by atoms with E-state index in [1.54, 1.807) is 20.1 Å². The molecule has 0 aliphatic carbocycles. The first kappa shape index (κ1) is 21.8. The number of rotatable bonds is 7. The number of hydrogen-bond acceptors (Lipinski definition) is 6. The summed E-state index contributed by atoms with van der Waals surface area (Å²) in [4.78, 5) is 13.0. The standard InChI is InChI=1S/C21H27NO5S2/c1-4-27-20(23)21(13-17-7-5-8-18(12-17)26-3)9-6-10-22(15-21)29(24,25)19-11-16(2)14-28-19/h5,7-8,11-12,14H,4,6,9-10,13,15H2,1-3H3. The molecular weight excluding hydrogens is 410 g/mol. The molecule has 1 aromatic carbocycles. The van der Waals surface area contributed by atoms with E-state index in [9.17, 15) is 13.2 Å². The Bertz CT molecular complexity index is 969. The second-order valence-corrected chi connectivity index (χ2v) is 10.5. The molecule has 8 heteroatoms. The number of sulfonamides is 1. The summed E-state index contributed by atoms with van der Waals surface area (Å²) in [6.07, 6.45) is 1.59. The van der Waals surface area contributed by atoms with E-state index in [2.05, 4.69) is 0 Å². The number of carbonyl (C=O) groups excluding carboxylic acids is 1. The molecule has 158 valence electrons. The molecule has 1 aliphatic rings. The first-order chi connectivity index (χ1) is 13.8. The molecule has 1 aliphatic heterocycles. The number of esters is 1. The first-order valence-electron chi connectivity index (χ1n) is 9.66. The summed E-state index contributed by atoms with van der Waals surface area (Å²) in [5.41, 5.74) is 0.919.